The highest BCUT2D eigenvalue weighted by Gasteiger charge is 2.26. The number of rotatable bonds is 4. The van der Waals surface area contributed by atoms with Crippen molar-refractivity contribution < 1.29 is 19.8 Å². The lowest BCUT2D eigenvalue weighted by Gasteiger charge is -2.26. The van der Waals surface area contributed by atoms with Crippen molar-refractivity contribution in [2.45, 2.75) is 57.1 Å². The van der Waals surface area contributed by atoms with E-state index in [0.29, 0.717) is 24.8 Å². The van der Waals surface area contributed by atoms with Crippen molar-refractivity contribution in [2.75, 3.05) is 0 Å². The number of carboxylic acid groups (broad SMARTS) is 1. The van der Waals surface area contributed by atoms with Crippen LogP contribution in [0, 0.1) is 11.8 Å². The lowest BCUT2D eigenvalue weighted by atomic mass is 9.85. The Morgan fingerprint density at radius 2 is 1.83 bits per heavy atom. The molecule has 2 rings (SSSR count). The molecule has 24 heavy (non-hydrogen) atoms. The smallest absolute Gasteiger partial charge is 0.326 e. The Kier molecular flexibility index (Phi) is 5.99. The van der Waals surface area contributed by atoms with Crippen LogP contribution in [0.4, 0.5) is 0 Å². The van der Waals surface area contributed by atoms with E-state index in [2.05, 4.69) is 17.2 Å². The van der Waals surface area contributed by atoms with Crippen LogP contribution < -0.4 is 5.32 Å². The minimum absolute atomic E-state index is 0.323. The van der Waals surface area contributed by atoms with Crippen LogP contribution in [0.2, 0.25) is 0 Å². The average molecular weight is 329 g/mol. The summed E-state index contributed by atoms with van der Waals surface area (Å²) in [7, 11) is 0. The lowest BCUT2D eigenvalue weighted by Crippen LogP contribution is -2.40. The van der Waals surface area contributed by atoms with Gasteiger partial charge in [-0.3, -0.25) is 4.79 Å². The summed E-state index contributed by atoms with van der Waals surface area (Å²) in [5, 5.41) is 21.8. The Balaban J connectivity index is 2.03. The third kappa shape index (κ3) is 4.84. The van der Waals surface area contributed by atoms with Gasteiger partial charge in [-0.15, -0.1) is 0 Å². The number of amides is 1. The molecule has 3 N–H and O–H groups in total. The highest BCUT2D eigenvalue weighted by molar-refractivity contribution is 5.96. The van der Waals surface area contributed by atoms with E-state index in [0.717, 1.165) is 24.8 Å². The molecule has 0 unspecified atom stereocenters. The van der Waals surface area contributed by atoms with E-state index in [1.54, 1.807) is 31.2 Å². The van der Waals surface area contributed by atoms with Gasteiger partial charge < -0.3 is 15.5 Å². The van der Waals surface area contributed by atoms with Gasteiger partial charge in [0.2, 0.25) is 0 Å². The van der Waals surface area contributed by atoms with Gasteiger partial charge in [0.1, 0.15) is 11.6 Å². The fourth-order valence-electron chi connectivity index (χ4n) is 2.74. The van der Waals surface area contributed by atoms with Crippen molar-refractivity contribution in [3.05, 3.63) is 35.4 Å². The summed E-state index contributed by atoms with van der Waals surface area (Å²) in [5.41, 5.74) is 0.205. The van der Waals surface area contributed by atoms with Gasteiger partial charge in [0.25, 0.3) is 5.91 Å². The number of aliphatic hydroxyl groups is 1. The fourth-order valence-corrected chi connectivity index (χ4v) is 2.74. The highest BCUT2D eigenvalue weighted by Crippen LogP contribution is 2.27. The van der Waals surface area contributed by atoms with Gasteiger partial charge in [-0.2, -0.15) is 0 Å². The normalized spacial score (nSPS) is 17.2. The topological polar surface area (TPSA) is 86.6 Å². The number of aliphatic carboxylic acids is 1. The van der Waals surface area contributed by atoms with Gasteiger partial charge in [-0.1, -0.05) is 25.2 Å². The molecule has 5 nitrogen and oxygen atoms in total. The van der Waals surface area contributed by atoms with Gasteiger partial charge >= 0.3 is 5.97 Å². The SMILES string of the molecule is CC[C@H](NC(=O)c1ccc(C#CC2(O)CCCCC2)cc1)C(=O)O. The van der Waals surface area contributed by atoms with Crippen LogP contribution in [0.15, 0.2) is 24.3 Å². The Bertz CT molecular complexity index is 648. The van der Waals surface area contributed by atoms with Gasteiger partial charge in [0.05, 0.1) is 0 Å². The number of carbonyl (C=O) groups is 2. The van der Waals surface area contributed by atoms with E-state index in [1.807, 2.05) is 0 Å². The summed E-state index contributed by atoms with van der Waals surface area (Å²) in [6, 6.07) is 5.74. The summed E-state index contributed by atoms with van der Waals surface area (Å²) in [4.78, 5) is 23.0. The second-order valence-corrected chi connectivity index (χ2v) is 6.19. The van der Waals surface area contributed by atoms with Crippen LogP contribution in [0.25, 0.3) is 0 Å². The molecule has 1 atom stereocenters. The third-order valence-corrected chi connectivity index (χ3v) is 4.28. The first kappa shape index (κ1) is 18.0. The van der Waals surface area contributed by atoms with Crippen molar-refractivity contribution in [1.82, 2.24) is 5.32 Å². The molecular weight excluding hydrogens is 306 g/mol. The molecule has 0 saturated heterocycles. The summed E-state index contributed by atoms with van der Waals surface area (Å²) in [6.07, 6.45) is 4.85. The number of carbonyl (C=O) groups excluding carboxylic acids is 1. The maximum atomic E-state index is 12.0. The minimum atomic E-state index is -1.05. The van der Waals surface area contributed by atoms with Crippen molar-refractivity contribution in [3.8, 4) is 11.8 Å². The summed E-state index contributed by atoms with van der Waals surface area (Å²) in [5.74, 6) is 4.44. The second-order valence-electron chi connectivity index (χ2n) is 6.19. The molecule has 0 radical (unpaired) electrons. The summed E-state index contributed by atoms with van der Waals surface area (Å²) >= 11 is 0. The monoisotopic (exact) mass is 329 g/mol. The molecule has 0 spiro atoms. The molecule has 0 bridgehead atoms. The van der Waals surface area contributed by atoms with E-state index >= 15 is 0 Å². The number of hydrogen-bond donors (Lipinski definition) is 3. The van der Waals surface area contributed by atoms with Crippen LogP contribution in [-0.2, 0) is 4.79 Å². The largest absolute Gasteiger partial charge is 0.480 e. The first-order chi connectivity index (χ1) is 11.4. The van der Waals surface area contributed by atoms with Crippen molar-refractivity contribution in [1.29, 1.82) is 0 Å². The summed E-state index contributed by atoms with van der Waals surface area (Å²) in [6.45, 7) is 1.70. The standard InChI is InChI=1S/C19H23NO4/c1-2-16(18(22)23)20-17(21)15-8-6-14(7-9-15)10-13-19(24)11-4-3-5-12-19/h6-9,16,24H,2-5,11-12H2,1H3,(H,20,21)(H,22,23)/t16-/m0/s1. The highest BCUT2D eigenvalue weighted by atomic mass is 16.4. The molecule has 0 aromatic heterocycles. The number of nitrogens with one attached hydrogen (secondary N) is 1. The first-order valence-electron chi connectivity index (χ1n) is 8.33. The average Bonchev–Trinajstić information content (AvgIpc) is 2.58. The molecule has 1 aromatic carbocycles. The quantitative estimate of drug-likeness (QED) is 0.740. The predicted molar refractivity (Wildman–Crippen MR) is 90.5 cm³/mol. The van der Waals surface area contributed by atoms with E-state index in [1.165, 1.54) is 0 Å². The Morgan fingerprint density at radius 3 is 2.38 bits per heavy atom. The molecule has 1 amide bonds. The maximum Gasteiger partial charge on any atom is 0.326 e. The number of benzene rings is 1. The zero-order chi connectivity index (χ0) is 17.6. The van der Waals surface area contributed by atoms with Gasteiger partial charge in [0.15, 0.2) is 0 Å². The molecule has 1 saturated carbocycles. The van der Waals surface area contributed by atoms with E-state index in [4.69, 9.17) is 5.11 Å². The molecule has 1 aliphatic carbocycles. The van der Waals surface area contributed by atoms with Crippen LogP contribution in [0.5, 0.6) is 0 Å². The third-order valence-electron chi connectivity index (χ3n) is 4.28. The zero-order valence-electron chi connectivity index (χ0n) is 13.8. The van der Waals surface area contributed by atoms with Crippen molar-refractivity contribution >= 4 is 11.9 Å². The van der Waals surface area contributed by atoms with Gasteiger partial charge in [-0.05, 0) is 56.4 Å². The molecule has 5 heteroatoms. The molecule has 128 valence electrons. The van der Waals surface area contributed by atoms with Crippen LogP contribution in [0.3, 0.4) is 0 Å². The summed E-state index contributed by atoms with van der Waals surface area (Å²) < 4.78 is 0. The van der Waals surface area contributed by atoms with Gasteiger partial charge in [-0.25, -0.2) is 4.79 Å². The Labute approximate surface area is 142 Å². The molecule has 1 fully saturated rings. The fraction of sp³-hybridized carbons (Fsp3) is 0.474. The van der Waals surface area contributed by atoms with E-state index < -0.39 is 23.5 Å². The van der Waals surface area contributed by atoms with Crippen LogP contribution >= 0.6 is 0 Å². The molecule has 1 aliphatic rings. The molecular formula is C19H23NO4. The maximum absolute atomic E-state index is 12.0. The van der Waals surface area contributed by atoms with Crippen molar-refractivity contribution in [2.24, 2.45) is 0 Å². The first-order valence-corrected chi connectivity index (χ1v) is 8.33. The Morgan fingerprint density at radius 1 is 1.21 bits per heavy atom. The number of hydrogen-bond acceptors (Lipinski definition) is 3. The molecule has 1 aromatic rings. The Hall–Kier alpha value is -2.32. The van der Waals surface area contributed by atoms with Crippen LogP contribution in [0.1, 0.15) is 61.4 Å². The molecule has 0 aliphatic heterocycles. The molecule has 0 heterocycles. The predicted octanol–water partition coefficient (Wildman–Crippen LogP) is 2.33. The second kappa shape index (κ2) is 7.98. The van der Waals surface area contributed by atoms with Gasteiger partial charge in [0, 0.05) is 11.1 Å². The lowest BCUT2D eigenvalue weighted by molar-refractivity contribution is -0.139. The van der Waals surface area contributed by atoms with Crippen molar-refractivity contribution in [3.63, 3.8) is 0 Å². The minimum Gasteiger partial charge on any atom is -0.480 e. The zero-order valence-corrected chi connectivity index (χ0v) is 13.8. The number of carboxylic acids is 1. The van der Waals surface area contributed by atoms with E-state index in [9.17, 15) is 14.7 Å². The van der Waals surface area contributed by atoms with Crippen LogP contribution in [-0.4, -0.2) is 33.7 Å². The van der Waals surface area contributed by atoms with E-state index in [-0.39, 0.29) is 0 Å².